The maximum Gasteiger partial charge on any atom is 0.267 e. The van der Waals surface area contributed by atoms with E-state index in [9.17, 15) is 9.59 Å². The summed E-state index contributed by atoms with van der Waals surface area (Å²) in [6.45, 7) is 4.25. The Morgan fingerprint density at radius 3 is 2.55 bits per heavy atom. The smallest absolute Gasteiger partial charge is 0.267 e. The molecule has 1 aromatic carbocycles. The molecule has 3 heterocycles. The van der Waals surface area contributed by atoms with E-state index in [1.807, 2.05) is 17.0 Å². The monoisotopic (exact) mass is 501 g/mol. The van der Waals surface area contributed by atoms with Crippen LogP contribution in [-0.4, -0.2) is 38.2 Å². The van der Waals surface area contributed by atoms with Gasteiger partial charge in [0.25, 0.3) is 5.56 Å². The van der Waals surface area contributed by atoms with E-state index in [4.69, 9.17) is 16.6 Å². The van der Waals surface area contributed by atoms with Gasteiger partial charge in [-0.3, -0.25) is 14.2 Å². The molecule has 174 valence electrons. The number of carbonyl (C=O) groups excluding carboxylic acids is 1. The topological polar surface area (TPSA) is 55.2 Å². The fourth-order valence-electron chi connectivity index (χ4n) is 5.21. The van der Waals surface area contributed by atoms with Gasteiger partial charge in [0, 0.05) is 22.0 Å². The highest BCUT2D eigenvalue weighted by molar-refractivity contribution is 7.99. The van der Waals surface area contributed by atoms with Crippen LogP contribution in [-0.2, 0) is 17.6 Å². The van der Waals surface area contributed by atoms with Gasteiger partial charge in [-0.25, -0.2) is 4.98 Å². The van der Waals surface area contributed by atoms with Crippen molar-refractivity contribution in [3.63, 3.8) is 0 Å². The molecule has 5 rings (SSSR count). The van der Waals surface area contributed by atoms with Crippen LogP contribution in [0.2, 0.25) is 5.02 Å². The quantitative estimate of drug-likeness (QED) is 0.332. The number of piperidine rings is 1. The number of thiophene rings is 1. The van der Waals surface area contributed by atoms with Gasteiger partial charge in [-0.15, -0.1) is 11.3 Å². The second kappa shape index (κ2) is 9.43. The van der Waals surface area contributed by atoms with Gasteiger partial charge < -0.3 is 4.90 Å². The molecule has 1 amide bonds. The average Bonchev–Trinajstić information content (AvgIpc) is 3.17. The minimum Gasteiger partial charge on any atom is -0.337 e. The average molecular weight is 502 g/mol. The van der Waals surface area contributed by atoms with Crippen molar-refractivity contribution in [3.8, 4) is 5.69 Å². The van der Waals surface area contributed by atoms with Crippen LogP contribution in [0.5, 0.6) is 0 Å². The van der Waals surface area contributed by atoms with E-state index in [0.717, 1.165) is 60.8 Å². The second-order valence-corrected chi connectivity index (χ2v) is 11.6. The highest BCUT2D eigenvalue weighted by Gasteiger charge is 2.29. The SMILES string of the molecule is C[C@H]1CCC[C@H](C)N1C(=O)CSc1nc2sc3c(c2c(=O)n1-c1ccc(Cl)cc1)CCCC3. The Labute approximate surface area is 207 Å². The number of nitrogens with zero attached hydrogens (tertiary/aromatic N) is 3. The predicted molar refractivity (Wildman–Crippen MR) is 137 cm³/mol. The Balaban J connectivity index is 1.55. The molecule has 0 saturated carbocycles. The summed E-state index contributed by atoms with van der Waals surface area (Å²) in [6, 6.07) is 7.76. The van der Waals surface area contributed by atoms with Crippen molar-refractivity contribution < 1.29 is 4.79 Å². The molecule has 5 nitrogen and oxygen atoms in total. The van der Waals surface area contributed by atoms with Gasteiger partial charge in [0.2, 0.25) is 5.91 Å². The molecule has 8 heteroatoms. The van der Waals surface area contributed by atoms with Crippen LogP contribution in [0, 0.1) is 0 Å². The molecule has 33 heavy (non-hydrogen) atoms. The van der Waals surface area contributed by atoms with Crippen molar-refractivity contribution in [1.29, 1.82) is 0 Å². The van der Waals surface area contributed by atoms with E-state index in [1.54, 1.807) is 28.0 Å². The number of hydrogen-bond donors (Lipinski definition) is 0. The lowest BCUT2D eigenvalue weighted by Gasteiger charge is -2.39. The van der Waals surface area contributed by atoms with Crippen LogP contribution in [0.25, 0.3) is 15.9 Å². The summed E-state index contributed by atoms with van der Waals surface area (Å²) in [5.41, 5.74) is 1.85. The number of thioether (sulfide) groups is 1. The van der Waals surface area contributed by atoms with Gasteiger partial charge in [-0.05, 0) is 88.6 Å². The number of rotatable bonds is 4. The fourth-order valence-corrected chi connectivity index (χ4v) is 7.53. The molecule has 1 saturated heterocycles. The minimum absolute atomic E-state index is 0.0450. The molecule has 1 aliphatic carbocycles. The maximum atomic E-state index is 13.8. The lowest BCUT2D eigenvalue weighted by Crippen LogP contribution is -2.48. The van der Waals surface area contributed by atoms with E-state index in [1.165, 1.54) is 22.2 Å². The predicted octanol–water partition coefficient (Wildman–Crippen LogP) is 5.86. The zero-order chi connectivity index (χ0) is 23.1. The molecule has 2 aromatic heterocycles. The number of carbonyl (C=O) groups is 1. The van der Waals surface area contributed by atoms with Gasteiger partial charge >= 0.3 is 0 Å². The van der Waals surface area contributed by atoms with Gasteiger partial charge in [0.15, 0.2) is 5.16 Å². The summed E-state index contributed by atoms with van der Waals surface area (Å²) < 4.78 is 1.67. The van der Waals surface area contributed by atoms with Crippen LogP contribution in [0.1, 0.15) is 56.4 Å². The largest absolute Gasteiger partial charge is 0.337 e. The third-order valence-electron chi connectivity index (χ3n) is 6.85. The van der Waals surface area contributed by atoms with E-state index in [2.05, 4.69) is 13.8 Å². The summed E-state index contributed by atoms with van der Waals surface area (Å²) in [5.74, 6) is 0.382. The summed E-state index contributed by atoms with van der Waals surface area (Å²) in [4.78, 5) is 36.0. The van der Waals surface area contributed by atoms with Gasteiger partial charge in [0.1, 0.15) is 4.83 Å². The Morgan fingerprint density at radius 1 is 1.12 bits per heavy atom. The van der Waals surface area contributed by atoms with Crippen LogP contribution < -0.4 is 5.56 Å². The number of benzene rings is 1. The van der Waals surface area contributed by atoms with Gasteiger partial charge in [-0.1, -0.05) is 23.4 Å². The van der Waals surface area contributed by atoms with Gasteiger partial charge in [-0.2, -0.15) is 0 Å². The zero-order valence-corrected chi connectivity index (χ0v) is 21.4. The molecule has 0 spiro atoms. The van der Waals surface area contributed by atoms with E-state index in [0.29, 0.717) is 10.2 Å². The second-order valence-electron chi connectivity index (χ2n) is 9.12. The fraction of sp³-hybridized carbons (Fsp3) is 0.480. The van der Waals surface area contributed by atoms with Crippen LogP contribution in [0.15, 0.2) is 34.2 Å². The highest BCUT2D eigenvalue weighted by Crippen LogP contribution is 2.35. The standard InChI is InChI=1S/C25H28ClN3O2S2/c1-15-6-5-7-16(2)28(15)21(30)14-32-25-27-23-22(19-8-3-4-9-20(19)33-23)24(31)29(25)18-12-10-17(26)11-13-18/h10-13,15-16H,3-9,14H2,1-2H3/t15-,16-/m0/s1. The molecule has 0 N–H and O–H groups in total. The maximum absolute atomic E-state index is 13.8. The summed E-state index contributed by atoms with van der Waals surface area (Å²) >= 11 is 9.11. The Hall–Kier alpha value is -1.83. The summed E-state index contributed by atoms with van der Waals surface area (Å²) in [6.07, 6.45) is 7.47. The van der Waals surface area contributed by atoms with E-state index in [-0.39, 0.29) is 29.3 Å². The molecule has 1 aliphatic heterocycles. The molecule has 2 atom stereocenters. The van der Waals surface area contributed by atoms with Crippen LogP contribution in [0.3, 0.4) is 0 Å². The number of fused-ring (bicyclic) bond motifs is 3. The van der Waals surface area contributed by atoms with Crippen molar-refractivity contribution in [2.75, 3.05) is 5.75 Å². The summed E-state index contributed by atoms with van der Waals surface area (Å²) in [5, 5.41) is 1.93. The highest BCUT2D eigenvalue weighted by atomic mass is 35.5. The molecule has 0 radical (unpaired) electrons. The number of halogens is 1. The van der Waals surface area contributed by atoms with Crippen molar-refractivity contribution in [3.05, 3.63) is 50.1 Å². The first-order chi connectivity index (χ1) is 15.9. The van der Waals surface area contributed by atoms with Crippen molar-refractivity contribution >= 4 is 50.8 Å². The first-order valence-corrected chi connectivity index (χ1v) is 13.9. The van der Waals surface area contributed by atoms with Crippen molar-refractivity contribution in [2.24, 2.45) is 0 Å². The third-order valence-corrected chi connectivity index (χ3v) is 9.21. The van der Waals surface area contributed by atoms with Crippen LogP contribution in [0.4, 0.5) is 0 Å². The molecule has 2 aliphatic rings. The lowest BCUT2D eigenvalue weighted by atomic mass is 9.97. The number of likely N-dealkylation sites (tertiary alicyclic amines) is 1. The number of hydrogen-bond acceptors (Lipinski definition) is 5. The first-order valence-electron chi connectivity index (χ1n) is 11.7. The van der Waals surface area contributed by atoms with Crippen molar-refractivity contribution in [1.82, 2.24) is 14.5 Å². The molecule has 1 fully saturated rings. The number of aryl methyl sites for hydroxylation is 2. The molecular weight excluding hydrogens is 474 g/mol. The molecule has 0 unspecified atom stereocenters. The summed E-state index contributed by atoms with van der Waals surface area (Å²) in [7, 11) is 0. The molecule has 0 bridgehead atoms. The number of aromatic nitrogens is 2. The minimum atomic E-state index is -0.0450. The first kappa shape index (κ1) is 22.9. The lowest BCUT2D eigenvalue weighted by molar-refractivity contribution is -0.134. The normalized spacial score (nSPS) is 20.8. The van der Waals surface area contributed by atoms with E-state index >= 15 is 0 Å². The molecular formula is C25H28ClN3O2S2. The Bertz CT molecular complexity index is 1240. The number of amides is 1. The Morgan fingerprint density at radius 2 is 1.82 bits per heavy atom. The molecule has 3 aromatic rings. The van der Waals surface area contributed by atoms with Crippen LogP contribution >= 0.6 is 34.7 Å². The van der Waals surface area contributed by atoms with Gasteiger partial charge in [0.05, 0.1) is 16.8 Å². The zero-order valence-electron chi connectivity index (χ0n) is 19.0. The van der Waals surface area contributed by atoms with E-state index < -0.39 is 0 Å². The Kier molecular flexibility index (Phi) is 6.56. The van der Waals surface area contributed by atoms with Crippen molar-refractivity contribution in [2.45, 2.75) is 76.0 Å². The third kappa shape index (κ3) is 4.35.